The first kappa shape index (κ1) is 16.2. The van der Waals surface area contributed by atoms with Crippen LogP contribution in [0.2, 0.25) is 0 Å². The molecule has 0 unspecified atom stereocenters. The van der Waals surface area contributed by atoms with Gasteiger partial charge < -0.3 is 19.5 Å². The molecule has 2 aromatic rings. The number of methoxy groups -OCH3 is 1. The highest BCUT2D eigenvalue weighted by Gasteiger charge is 2.12. The maximum absolute atomic E-state index is 11.9. The third kappa shape index (κ3) is 3.98. The summed E-state index contributed by atoms with van der Waals surface area (Å²) in [5, 5.41) is 2.87. The molecule has 0 fully saturated rings. The van der Waals surface area contributed by atoms with Crippen molar-refractivity contribution in [3.63, 3.8) is 0 Å². The van der Waals surface area contributed by atoms with Crippen LogP contribution in [0.5, 0.6) is 17.2 Å². The number of amides is 1. The number of nitrogens with one attached hydrogen (secondary N) is 1. The third-order valence-corrected chi connectivity index (χ3v) is 3.92. The molecule has 0 atom stereocenters. The van der Waals surface area contributed by atoms with Gasteiger partial charge in [-0.2, -0.15) is 0 Å². The van der Waals surface area contributed by atoms with Gasteiger partial charge in [-0.25, -0.2) is 0 Å². The Balaban J connectivity index is 1.43. The lowest BCUT2D eigenvalue weighted by molar-refractivity contribution is -0.123. The molecule has 1 N–H and O–H groups in total. The molecule has 3 rings (SSSR count). The molecule has 1 amide bonds. The number of fused-ring (bicyclic) bond motifs is 1. The van der Waals surface area contributed by atoms with Crippen LogP contribution in [0.4, 0.5) is 0 Å². The van der Waals surface area contributed by atoms with Crippen LogP contribution >= 0.6 is 0 Å². The maximum atomic E-state index is 11.9. The lowest BCUT2D eigenvalue weighted by Crippen LogP contribution is -2.30. The predicted octanol–water partition coefficient (Wildman–Crippen LogP) is 2.37. The van der Waals surface area contributed by atoms with Gasteiger partial charge in [-0.15, -0.1) is 0 Å². The van der Waals surface area contributed by atoms with Crippen molar-refractivity contribution in [3.8, 4) is 17.2 Å². The van der Waals surface area contributed by atoms with E-state index in [0.29, 0.717) is 18.0 Å². The number of carbonyl (C=O) groups is 1. The van der Waals surface area contributed by atoms with Crippen LogP contribution in [-0.4, -0.2) is 32.8 Å². The van der Waals surface area contributed by atoms with Crippen LogP contribution in [0.1, 0.15) is 11.1 Å². The predicted molar refractivity (Wildman–Crippen MR) is 90.8 cm³/mol. The Labute approximate surface area is 141 Å². The van der Waals surface area contributed by atoms with Gasteiger partial charge in [0, 0.05) is 13.0 Å². The summed E-state index contributed by atoms with van der Waals surface area (Å²) in [6, 6.07) is 13.5. The molecule has 0 aliphatic carbocycles. The van der Waals surface area contributed by atoms with Gasteiger partial charge in [-0.05, 0) is 35.7 Å². The van der Waals surface area contributed by atoms with Crippen LogP contribution in [0.3, 0.4) is 0 Å². The highest BCUT2D eigenvalue weighted by molar-refractivity contribution is 5.77. The van der Waals surface area contributed by atoms with Crippen molar-refractivity contribution in [1.29, 1.82) is 0 Å². The lowest BCUT2D eigenvalue weighted by Gasteiger charge is -2.10. The number of carbonyl (C=O) groups excluding carboxylic acids is 1. The normalized spacial score (nSPS) is 12.2. The SMILES string of the molecule is COc1ccccc1OCC(=O)NCCc1ccc2c(c1)CCO2. The van der Waals surface area contributed by atoms with Gasteiger partial charge in [-0.3, -0.25) is 4.79 Å². The van der Waals surface area contributed by atoms with Crippen LogP contribution < -0.4 is 19.5 Å². The number of hydrogen-bond donors (Lipinski definition) is 1. The number of benzene rings is 2. The standard InChI is InChI=1S/C19H21NO4/c1-22-17-4-2-3-5-18(17)24-13-19(21)20-10-8-14-6-7-16-15(12-14)9-11-23-16/h2-7,12H,8-11,13H2,1H3,(H,20,21). The second-order valence-electron chi connectivity index (χ2n) is 5.58. The van der Waals surface area contributed by atoms with Crippen LogP contribution in [0.15, 0.2) is 42.5 Å². The maximum Gasteiger partial charge on any atom is 0.257 e. The van der Waals surface area contributed by atoms with Gasteiger partial charge in [0.25, 0.3) is 5.91 Å². The summed E-state index contributed by atoms with van der Waals surface area (Å²) in [4.78, 5) is 11.9. The molecule has 5 heteroatoms. The molecule has 1 heterocycles. The zero-order valence-electron chi connectivity index (χ0n) is 13.7. The van der Waals surface area contributed by atoms with Crippen LogP contribution in [0.25, 0.3) is 0 Å². The Hall–Kier alpha value is -2.69. The number of hydrogen-bond acceptors (Lipinski definition) is 4. The Morgan fingerprint density at radius 2 is 2.04 bits per heavy atom. The Kier molecular flexibility index (Phi) is 5.21. The fourth-order valence-electron chi connectivity index (χ4n) is 2.67. The summed E-state index contributed by atoms with van der Waals surface area (Å²) in [6.45, 7) is 1.31. The number of para-hydroxylation sites is 2. The minimum absolute atomic E-state index is 0.0294. The molecule has 2 aromatic carbocycles. The second kappa shape index (κ2) is 7.73. The van der Waals surface area contributed by atoms with E-state index >= 15 is 0 Å². The monoisotopic (exact) mass is 327 g/mol. The first-order valence-electron chi connectivity index (χ1n) is 8.03. The minimum atomic E-state index is -0.148. The zero-order chi connectivity index (χ0) is 16.8. The molecule has 1 aliphatic rings. The Morgan fingerprint density at radius 3 is 2.88 bits per heavy atom. The molecule has 0 bridgehead atoms. The van der Waals surface area contributed by atoms with E-state index in [1.807, 2.05) is 24.3 Å². The summed E-state index contributed by atoms with van der Waals surface area (Å²) in [5.74, 6) is 2.01. The van der Waals surface area contributed by atoms with Gasteiger partial charge >= 0.3 is 0 Å². The van der Waals surface area contributed by atoms with Crippen molar-refractivity contribution in [2.45, 2.75) is 12.8 Å². The highest BCUT2D eigenvalue weighted by atomic mass is 16.5. The first-order chi connectivity index (χ1) is 11.8. The van der Waals surface area contributed by atoms with Gasteiger partial charge in [0.2, 0.25) is 0 Å². The molecule has 126 valence electrons. The van der Waals surface area contributed by atoms with E-state index in [-0.39, 0.29) is 12.5 Å². The summed E-state index contributed by atoms with van der Waals surface area (Å²) in [7, 11) is 1.57. The molecule has 0 spiro atoms. The molecule has 5 nitrogen and oxygen atoms in total. The van der Waals surface area contributed by atoms with Crippen molar-refractivity contribution in [2.75, 3.05) is 26.9 Å². The average molecular weight is 327 g/mol. The molecule has 0 radical (unpaired) electrons. The summed E-state index contributed by atoms with van der Waals surface area (Å²) in [6.07, 6.45) is 1.75. The third-order valence-electron chi connectivity index (χ3n) is 3.92. The largest absolute Gasteiger partial charge is 0.493 e. The smallest absolute Gasteiger partial charge is 0.257 e. The van der Waals surface area contributed by atoms with Crippen molar-refractivity contribution in [3.05, 3.63) is 53.6 Å². The number of rotatable bonds is 7. The molecular formula is C19H21NO4. The Morgan fingerprint density at radius 1 is 1.21 bits per heavy atom. The summed E-state index contributed by atoms with van der Waals surface area (Å²) in [5.41, 5.74) is 2.45. The van der Waals surface area contributed by atoms with E-state index in [1.165, 1.54) is 11.1 Å². The minimum Gasteiger partial charge on any atom is -0.493 e. The number of ether oxygens (including phenoxy) is 3. The van der Waals surface area contributed by atoms with Gasteiger partial charge in [0.1, 0.15) is 5.75 Å². The quantitative estimate of drug-likeness (QED) is 0.848. The van der Waals surface area contributed by atoms with E-state index in [4.69, 9.17) is 14.2 Å². The molecule has 24 heavy (non-hydrogen) atoms. The van der Waals surface area contributed by atoms with Gasteiger partial charge in [-0.1, -0.05) is 24.3 Å². The van der Waals surface area contributed by atoms with Crippen molar-refractivity contribution >= 4 is 5.91 Å². The average Bonchev–Trinajstić information content (AvgIpc) is 3.08. The van der Waals surface area contributed by atoms with E-state index < -0.39 is 0 Å². The Bertz CT molecular complexity index is 714. The van der Waals surface area contributed by atoms with Crippen LogP contribution in [0, 0.1) is 0 Å². The lowest BCUT2D eigenvalue weighted by atomic mass is 10.1. The first-order valence-corrected chi connectivity index (χ1v) is 8.03. The van der Waals surface area contributed by atoms with E-state index in [0.717, 1.165) is 25.2 Å². The van der Waals surface area contributed by atoms with Crippen molar-refractivity contribution < 1.29 is 19.0 Å². The molecule has 0 saturated heterocycles. The van der Waals surface area contributed by atoms with Gasteiger partial charge in [0.05, 0.1) is 13.7 Å². The summed E-state index contributed by atoms with van der Waals surface area (Å²) < 4.78 is 16.2. The van der Waals surface area contributed by atoms with Crippen molar-refractivity contribution in [1.82, 2.24) is 5.32 Å². The highest BCUT2D eigenvalue weighted by Crippen LogP contribution is 2.26. The molecule has 0 aromatic heterocycles. The van der Waals surface area contributed by atoms with E-state index in [2.05, 4.69) is 11.4 Å². The second-order valence-corrected chi connectivity index (χ2v) is 5.58. The van der Waals surface area contributed by atoms with Crippen molar-refractivity contribution in [2.24, 2.45) is 0 Å². The van der Waals surface area contributed by atoms with E-state index in [9.17, 15) is 4.79 Å². The van der Waals surface area contributed by atoms with Gasteiger partial charge in [0.15, 0.2) is 18.1 Å². The fourth-order valence-corrected chi connectivity index (χ4v) is 2.67. The van der Waals surface area contributed by atoms with Crippen LogP contribution in [-0.2, 0) is 17.6 Å². The molecular weight excluding hydrogens is 306 g/mol. The summed E-state index contributed by atoms with van der Waals surface area (Å²) >= 11 is 0. The zero-order valence-corrected chi connectivity index (χ0v) is 13.7. The van der Waals surface area contributed by atoms with E-state index in [1.54, 1.807) is 19.2 Å². The molecule has 1 aliphatic heterocycles. The molecule has 0 saturated carbocycles. The fraction of sp³-hybridized carbons (Fsp3) is 0.316. The topological polar surface area (TPSA) is 56.8 Å².